The van der Waals surface area contributed by atoms with Crippen molar-refractivity contribution in [2.75, 3.05) is 19.8 Å². The van der Waals surface area contributed by atoms with E-state index in [1.54, 1.807) is 10.8 Å². The predicted octanol–water partition coefficient (Wildman–Crippen LogP) is 0.705. The Labute approximate surface area is 119 Å². The number of aliphatic hydroxyl groups is 1. The number of aromatic nitrogens is 1. The van der Waals surface area contributed by atoms with Gasteiger partial charge in [-0.3, -0.25) is 0 Å². The van der Waals surface area contributed by atoms with E-state index in [1.165, 1.54) is 6.07 Å². The third-order valence-electron chi connectivity index (χ3n) is 3.68. The number of hydrogen-bond donors (Lipinski definition) is 2. The van der Waals surface area contributed by atoms with Crippen molar-refractivity contribution in [2.24, 2.45) is 5.92 Å². The Hall–Kier alpha value is -0.890. The zero-order valence-electron chi connectivity index (χ0n) is 11.7. The fourth-order valence-corrected chi connectivity index (χ4v) is 3.54. The van der Waals surface area contributed by atoms with Crippen molar-refractivity contribution in [1.29, 1.82) is 0 Å². The molecule has 1 aromatic heterocycles. The molecule has 2 N–H and O–H groups in total. The zero-order chi connectivity index (χ0) is 14.6. The maximum absolute atomic E-state index is 12.2. The van der Waals surface area contributed by atoms with Gasteiger partial charge in [0.2, 0.25) is 10.0 Å². The Morgan fingerprint density at radius 3 is 2.70 bits per heavy atom. The maximum atomic E-state index is 12.2. The molecule has 20 heavy (non-hydrogen) atoms. The third kappa shape index (κ3) is 3.60. The second kappa shape index (κ2) is 6.71. The van der Waals surface area contributed by atoms with Crippen LogP contribution in [-0.2, 0) is 27.9 Å². The molecule has 2 heterocycles. The molecule has 0 aromatic carbocycles. The number of aryl methyl sites for hydroxylation is 1. The van der Waals surface area contributed by atoms with Gasteiger partial charge in [-0.1, -0.05) is 0 Å². The molecule has 2 rings (SSSR count). The summed E-state index contributed by atoms with van der Waals surface area (Å²) >= 11 is 0. The van der Waals surface area contributed by atoms with E-state index in [2.05, 4.69) is 4.72 Å². The van der Waals surface area contributed by atoms with Crippen LogP contribution in [0.4, 0.5) is 0 Å². The summed E-state index contributed by atoms with van der Waals surface area (Å²) in [4.78, 5) is 0.218. The average molecular weight is 302 g/mol. The van der Waals surface area contributed by atoms with Crippen molar-refractivity contribution < 1.29 is 18.3 Å². The van der Waals surface area contributed by atoms with E-state index in [4.69, 9.17) is 4.74 Å². The van der Waals surface area contributed by atoms with Gasteiger partial charge in [0.25, 0.3) is 0 Å². The summed E-state index contributed by atoms with van der Waals surface area (Å²) in [5.74, 6) is 0.337. The lowest BCUT2D eigenvalue weighted by molar-refractivity contribution is 0.0678. The minimum atomic E-state index is -3.50. The molecule has 0 bridgehead atoms. The number of nitrogens with zero attached hydrogens (tertiary/aromatic N) is 1. The first-order chi connectivity index (χ1) is 9.56. The van der Waals surface area contributed by atoms with Gasteiger partial charge in [-0.15, -0.1) is 0 Å². The average Bonchev–Trinajstić information content (AvgIpc) is 2.90. The van der Waals surface area contributed by atoms with Gasteiger partial charge in [0, 0.05) is 38.2 Å². The highest BCUT2D eigenvalue weighted by molar-refractivity contribution is 7.89. The molecule has 1 aliphatic rings. The molecule has 0 radical (unpaired) electrons. The molecule has 1 saturated heterocycles. The molecular formula is C13H22N2O4S. The summed E-state index contributed by atoms with van der Waals surface area (Å²) < 4.78 is 34.1. The van der Waals surface area contributed by atoms with Crippen LogP contribution in [0, 0.1) is 5.92 Å². The molecule has 0 saturated carbocycles. The summed E-state index contributed by atoms with van der Waals surface area (Å²) in [6.45, 7) is 4.22. The summed E-state index contributed by atoms with van der Waals surface area (Å²) in [6.07, 6.45) is 3.35. The van der Waals surface area contributed by atoms with Crippen molar-refractivity contribution in [1.82, 2.24) is 9.29 Å². The summed E-state index contributed by atoms with van der Waals surface area (Å²) in [7, 11) is -3.50. The van der Waals surface area contributed by atoms with Gasteiger partial charge in [-0.25, -0.2) is 13.1 Å². The molecule has 1 aliphatic heterocycles. The maximum Gasteiger partial charge on any atom is 0.242 e. The van der Waals surface area contributed by atoms with E-state index in [-0.39, 0.29) is 11.5 Å². The van der Waals surface area contributed by atoms with Gasteiger partial charge in [0.15, 0.2) is 0 Å². The fraction of sp³-hybridized carbons (Fsp3) is 0.692. The zero-order valence-corrected chi connectivity index (χ0v) is 12.5. The van der Waals surface area contributed by atoms with Crippen LogP contribution >= 0.6 is 0 Å². The van der Waals surface area contributed by atoms with Gasteiger partial charge in [0.05, 0.1) is 11.5 Å². The van der Waals surface area contributed by atoms with Crippen LogP contribution in [0.5, 0.6) is 0 Å². The minimum Gasteiger partial charge on any atom is -0.390 e. The topological polar surface area (TPSA) is 80.6 Å². The summed E-state index contributed by atoms with van der Waals surface area (Å²) in [6, 6.07) is 1.52. The number of ether oxygens (including phenoxy) is 1. The Balaban J connectivity index is 2.03. The van der Waals surface area contributed by atoms with E-state index in [1.807, 2.05) is 6.92 Å². The Kier molecular flexibility index (Phi) is 5.20. The molecule has 114 valence electrons. The number of sulfonamides is 1. The second-order valence-electron chi connectivity index (χ2n) is 5.02. The molecule has 0 atom stereocenters. The highest BCUT2D eigenvalue weighted by Crippen LogP contribution is 2.17. The Bertz CT molecular complexity index is 511. The number of hydrogen-bond acceptors (Lipinski definition) is 4. The monoisotopic (exact) mass is 302 g/mol. The van der Waals surface area contributed by atoms with E-state index in [9.17, 15) is 13.5 Å². The molecule has 1 aromatic rings. The van der Waals surface area contributed by atoms with Gasteiger partial charge in [0.1, 0.15) is 0 Å². The minimum absolute atomic E-state index is 0.163. The van der Waals surface area contributed by atoms with Crippen molar-refractivity contribution >= 4 is 10.0 Å². The predicted molar refractivity (Wildman–Crippen MR) is 74.8 cm³/mol. The van der Waals surface area contributed by atoms with Gasteiger partial charge < -0.3 is 14.4 Å². The molecule has 6 nitrogen and oxygen atoms in total. The van der Waals surface area contributed by atoms with Crippen LogP contribution in [0.2, 0.25) is 0 Å². The van der Waals surface area contributed by atoms with Crippen LogP contribution in [-0.4, -0.2) is 37.8 Å². The van der Waals surface area contributed by atoms with Crippen LogP contribution in [0.15, 0.2) is 17.2 Å². The molecular weight excluding hydrogens is 280 g/mol. The molecule has 7 heteroatoms. The van der Waals surface area contributed by atoms with Crippen LogP contribution in [0.1, 0.15) is 25.5 Å². The molecule has 0 spiro atoms. The van der Waals surface area contributed by atoms with Crippen LogP contribution in [0.3, 0.4) is 0 Å². The lowest BCUT2D eigenvalue weighted by Crippen LogP contribution is -2.32. The molecule has 1 fully saturated rings. The van der Waals surface area contributed by atoms with Crippen molar-refractivity contribution in [3.05, 3.63) is 18.0 Å². The van der Waals surface area contributed by atoms with Crippen LogP contribution in [0.25, 0.3) is 0 Å². The SMILES string of the molecule is CCn1cc(S(=O)(=O)NCC2CCOCC2)cc1CO. The molecule has 0 unspecified atom stereocenters. The largest absolute Gasteiger partial charge is 0.390 e. The smallest absolute Gasteiger partial charge is 0.242 e. The summed E-state index contributed by atoms with van der Waals surface area (Å²) in [5.41, 5.74) is 0.610. The first-order valence-electron chi connectivity index (χ1n) is 6.94. The van der Waals surface area contributed by atoms with Crippen LogP contribution < -0.4 is 4.72 Å². The van der Waals surface area contributed by atoms with E-state index < -0.39 is 10.0 Å². The first-order valence-corrected chi connectivity index (χ1v) is 8.42. The summed E-state index contributed by atoms with van der Waals surface area (Å²) in [5, 5.41) is 9.21. The number of rotatable bonds is 6. The van der Waals surface area contributed by atoms with Gasteiger partial charge >= 0.3 is 0 Å². The van der Waals surface area contributed by atoms with Crippen molar-refractivity contribution in [3.63, 3.8) is 0 Å². The highest BCUT2D eigenvalue weighted by atomic mass is 32.2. The van der Waals surface area contributed by atoms with Gasteiger partial charge in [-0.05, 0) is 31.7 Å². The Morgan fingerprint density at radius 2 is 2.15 bits per heavy atom. The Morgan fingerprint density at radius 1 is 1.45 bits per heavy atom. The normalized spacial score (nSPS) is 17.5. The van der Waals surface area contributed by atoms with Gasteiger partial charge in [-0.2, -0.15) is 0 Å². The first kappa shape index (κ1) is 15.5. The van der Waals surface area contributed by atoms with Crippen molar-refractivity contribution in [2.45, 2.75) is 37.8 Å². The number of nitrogens with one attached hydrogen (secondary N) is 1. The second-order valence-corrected chi connectivity index (χ2v) is 6.79. The third-order valence-corrected chi connectivity index (χ3v) is 5.07. The highest BCUT2D eigenvalue weighted by Gasteiger charge is 2.21. The van der Waals surface area contributed by atoms with E-state index in [0.717, 1.165) is 12.8 Å². The van der Waals surface area contributed by atoms with Crippen molar-refractivity contribution in [3.8, 4) is 0 Å². The standard InChI is InChI=1S/C13H22N2O4S/c1-2-15-9-13(7-12(15)10-16)20(17,18)14-8-11-3-5-19-6-4-11/h7,9,11,14,16H,2-6,8,10H2,1H3. The molecule has 0 amide bonds. The lowest BCUT2D eigenvalue weighted by Gasteiger charge is -2.21. The lowest BCUT2D eigenvalue weighted by atomic mass is 10.0. The quantitative estimate of drug-likeness (QED) is 0.811. The fourth-order valence-electron chi connectivity index (χ4n) is 2.36. The molecule has 0 aliphatic carbocycles. The number of aliphatic hydroxyl groups excluding tert-OH is 1. The van der Waals surface area contributed by atoms with E-state index >= 15 is 0 Å². The van der Waals surface area contributed by atoms with E-state index in [0.29, 0.717) is 37.9 Å².